The van der Waals surface area contributed by atoms with Crippen LogP contribution in [-0.2, 0) is 16.1 Å². The Hall–Kier alpha value is -0.940. The van der Waals surface area contributed by atoms with Crippen LogP contribution in [0, 0.1) is 0 Å². The topological polar surface area (TPSA) is 41.9 Å². The third kappa shape index (κ3) is 7.95. The maximum absolute atomic E-state index is 9.24. The second kappa shape index (κ2) is 9.92. The van der Waals surface area contributed by atoms with Crippen LogP contribution in [0.4, 0.5) is 0 Å². The van der Waals surface area contributed by atoms with Gasteiger partial charge in [0, 0.05) is 6.61 Å². The average Bonchev–Trinajstić information content (AvgIpc) is 2.42. The Bertz CT molecular complexity index is 316. The summed E-state index contributed by atoms with van der Waals surface area (Å²) in [5, 5.41) is 9.24. The van der Waals surface area contributed by atoms with Crippen LogP contribution in [0.2, 0.25) is 0 Å². The van der Waals surface area contributed by atoms with Gasteiger partial charge in [-0.3, -0.25) is 0 Å². The molecule has 1 aromatic carbocycles. The average molecular weight is 267 g/mol. The van der Waals surface area contributed by atoms with E-state index in [1.54, 1.807) is 0 Å². The molecule has 1 rings (SSSR count). The zero-order valence-corrected chi connectivity index (χ0v) is 11.9. The Balaban J connectivity index is 2.12. The zero-order chi connectivity index (χ0) is 13.9. The first-order chi connectivity index (χ1) is 9.22. The lowest BCUT2D eigenvalue weighted by Crippen LogP contribution is -2.25. The SMILES string of the molecule is CN(C)CCCOCC(CO)OCc1ccccc1. The molecule has 19 heavy (non-hydrogen) atoms. The van der Waals surface area contributed by atoms with Crippen LogP contribution in [0.3, 0.4) is 0 Å². The third-order valence-electron chi connectivity index (χ3n) is 2.73. The van der Waals surface area contributed by atoms with Gasteiger partial charge in [0.15, 0.2) is 0 Å². The molecule has 4 nitrogen and oxygen atoms in total. The summed E-state index contributed by atoms with van der Waals surface area (Å²) in [6, 6.07) is 9.94. The van der Waals surface area contributed by atoms with Crippen molar-refractivity contribution in [2.75, 3.05) is 40.5 Å². The molecule has 1 unspecified atom stereocenters. The van der Waals surface area contributed by atoms with Gasteiger partial charge in [-0.05, 0) is 32.6 Å². The summed E-state index contributed by atoms with van der Waals surface area (Å²) in [6.07, 6.45) is 0.740. The highest BCUT2D eigenvalue weighted by Crippen LogP contribution is 2.04. The molecule has 0 aliphatic carbocycles. The predicted molar refractivity (Wildman–Crippen MR) is 76.1 cm³/mol. The molecule has 1 atom stereocenters. The third-order valence-corrected chi connectivity index (χ3v) is 2.73. The zero-order valence-electron chi connectivity index (χ0n) is 11.9. The van der Waals surface area contributed by atoms with E-state index in [9.17, 15) is 5.11 Å². The minimum absolute atomic E-state index is 0.0134. The fraction of sp³-hybridized carbons (Fsp3) is 0.600. The Morgan fingerprint density at radius 2 is 1.95 bits per heavy atom. The summed E-state index contributed by atoms with van der Waals surface area (Å²) in [5.41, 5.74) is 1.11. The van der Waals surface area contributed by atoms with Crippen molar-refractivity contribution in [3.05, 3.63) is 35.9 Å². The van der Waals surface area contributed by atoms with E-state index in [0.717, 1.165) is 18.5 Å². The van der Waals surface area contributed by atoms with Crippen molar-refractivity contribution in [1.82, 2.24) is 4.90 Å². The van der Waals surface area contributed by atoms with Gasteiger partial charge in [0.25, 0.3) is 0 Å². The fourth-order valence-electron chi connectivity index (χ4n) is 1.64. The molecule has 0 saturated heterocycles. The van der Waals surface area contributed by atoms with E-state index in [1.165, 1.54) is 0 Å². The van der Waals surface area contributed by atoms with E-state index in [2.05, 4.69) is 4.90 Å². The van der Waals surface area contributed by atoms with Gasteiger partial charge in [0.1, 0.15) is 6.10 Å². The molecular weight excluding hydrogens is 242 g/mol. The van der Waals surface area contributed by atoms with Gasteiger partial charge in [-0.2, -0.15) is 0 Å². The van der Waals surface area contributed by atoms with Crippen LogP contribution < -0.4 is 0 Å². The van der Waals surface area contributed by atoms with E-state index in [1.807, 2.05) is 44.4 Å². The lowest BCUT2D eigenvalue weighted by atomic mass is 10.2. The van der Waals surface area contributed by atoms with Crippen molar-refractivity contribution in [3.8, 4) is 0 Å². The Morgan fingerprint density at radius 3 is 2.58 bits per heavy atom. The molecule has 4 heteroatoms. The minimum Gasteiger partial charge on any atom is -0.394 e. The highest BCUT2D eigenvalue weighted by molar-refractivity contribution is 5.13. The summed E-state index contributed by atoms with van der Waals surface area (Å²) < 4.78 is 11.1. The number of hydrogen-bond donors (Lipinski definition) is 1. The van der Waals surface area contributed by atoms with Crippen LogP contribution in [0.15, 0.2) is 30.3 Å². The molecule has 1 aromatic rings. The lowest BCUT2D eigenvalue weighted by molar-refractivity contribution is -0.0504. The van der Waals surface area contributed by atoms with Crippen molar-refractivity contribution in [2.24, 2.45) is 0 Å². The highest BCUT2D eigenvalue weighted by Gasteiger charge is 2.08. The molecule has 108 valence electrons. The molecule has 0 aliphatic rings. The lowest BCUT2D eigenvalue weighted by Gasteiger charge is -2.16. The minimum atomic E-state index is -0.250. The Labute approximate surface area is 115 Å². The highest BCUT2D eigenvalue weighted by atomic mass is 16.5. The molecule has 0 amide bonds. The van der Waals surface area contributed by atoms with E-state index in [4.69, 9.17) is 9.47 Å². The van der Waals surface area contributed by atoms with Crippen molar-refractivity contribution in [2.45, 2.75) is 19.1 Å². The Morgan fingerprint density at radius 1 is 1.21 bits per heavy atom. The molecule has 0 bridgehead atoms. The molecule has 0 radical (unpaired) electrons. The first-order valence-electron chi connectivity index (χ1n) is 6.71. The van der Waals surface area contributed by atoms with Gasteiger partial charge in [-0.15, -0.1) is 0 Å². The fourth-order valence-corrected chi connectivity index (χ4v) is 1.64. The number of rotatable bonds is 10. The van der Waals surface area contributed by atoms with Gasteiger partial charge in [0.2, 0.25) is 0 Å². The summed E-state index contributed by atoms with van der Waals surface area (Å²) in [5.74, 6) is 0. The van der Waals surface area contributed by atoms with E-state index in [0.29, 0.717) is 19.8 Å². The summed E-state index contributed by atoms with van der Waals surface area (Å²) in [4.78, 5) is 2.12. The van der Waals surface area contributed by atoms with Crippen molar-refractivity contribution >= 4 is 0 Å². The van der Waals surface area contributed by atoms with Crippen LogP contribution in [0.5, 0.6) is 0 Å². The molecule has 0 aliphatic heterocycles. The van der Waals surface area contributed by atoms with Gasteiger partial charge in [0.05, 0.1) is 19.8 Å². The first-order valence-corrected chi connectivity index (χ1v) is 6.71. The number of ether oxygens (including phenoxy) is 2. The summed E-state index contributed by atoms with van der Waals surface area (Å²) in [7, 11) is 4.08. The molecule has 0 fully saturated rings. The largest absolute Gasteiger partial charge is 0.394 e. The maximum atomic E-state index is 9.24. The molecule has 0 heterocycles. The van der Waals surface area contributed by atoms with Gasteiger partial charge in [-0.25, -0.2) is 0 Å². The van der Waals surface area contributed by atoms with Crippen molar-refractivity contribution in [3.63, 3.8) is 0 Å². The van der Waals surface area contributed by atoms with Crippen molar-refractivity contribution in [1.29, 1.82) is 0 Å². The normalized spacial score (nSPS) is 12.8. The molecular formula is C15H25NO3. The first kappa shape index (κ1) is 16.1. The van der Waals surface area contributed by atoms with E-state index >= 15 is 0 Å². The second-order valence-corrected chi connectivity index (χ2v) is 4.83. The number of hydrogen-bond acceptors (Lipinski definition) is 4. The Kier molecular flexibility index (Phi) is 8.41. The van der Waals surface area contributed by atoms with Crippen LogP contribution in [-0.4, -0.2) is 56.6 Å². The number of aliphatic hydroxyl groups excluding tert-OH is 1. The van der Waals surface area contributed by atoms with Gasteiger partial charge < -0.3 is 19.5 Å². The monoisotopic (exact) mass is 267 g/mol. The molecule has 1 N–H and O–H groups in total. The summed E-state index contributed by atoms with van der Waals surface area (Å²) >= 11 is 0. The van der Waals surface area contributed by atoms with E-state index in [-0.39, 0.29) is 12.7 Å². The maximum Gasteiger partial charge on any atom is 0.104 e. The number of aliphatic hydroxyl groups is 1. The standard InChI is InChI=1S/C15H25NO3/c1-16(2)9-6-10-18-13-15(11-17)19-12-14-7-4-3-5-8-14/h3-5,7-8,15,17H,6,9-13H2,1-2H3. The quantitative estimate of drug-likeness (QED) is 0.653. The van der Waals surface area contributed by atoms with Crippen LogP contribution in [0.1, 0.15) is 12.0 Å². The number of benzene rings is 1. The molecule has 0 saturated carbocycles. The van der Waals surface area contributed by atoms with Crippen LogP contribution >= 0.6 is 0 Å². The predicted octanol–water partition coefficient (Wildman–Crippen LogP) is 1.53. The number of nitrogens with zero attached hydrogens (tertiary/aromatic N) is 1. The summed E-state index contributed by atoms with van der Waals surface area (Å²) in [6.45, 7) is 2.64. The van der Waals surface area contributed by atoms with Crippen molar-refractivity contribution < 1.29 is 14.6 Å². The smallest absolute Gasteiger partial charge is 0.104 e. The van der Waals surface area contributed by atoms with Gasteiger partial charge in [-0.1, -0.05) is 30.3 Å². The molecule has 0 spiro atoms. The van der Waals surface area contributed by atoms with E-state index < -0.39 is 0 Å². The van der Waals surface area contributed by atoms with Crippen LogP contribution in [0.25, 0.3) is 0 Å². The molecule has 0 aromatic heterocycles. The second-order valence-electron chi connectivity index (χ2n) is 4.83. The van der Waals surface area contributed by atoms with Gasteiger partial charge >= 0.3 is 0 Å².